The van der Waals surface area contributed by atoms with Crippen LogP contribution in [0.2, 0.25) is 0 Å². The van der Waals surface area contributed by atoms with Crippen LogP contribution in [0.3, 0.4) is 0 Å². The largest absolute Gasteiger partial charge is 0.462 e. The molecular formula is C76H138O6. The zero-order chi connectivity index (χ0) is 59.2. The third kappa shape index (κ3) is 67.9. The van der Waals surface area contributed by atoms with Crippen LogP contribution >= 0.6 is 0 Å². The minimum Gasteiger partial charge on any atom is -0.462 e. The Labute approximate surface area is 510 Å². The first-order valence-electron chi connectivity index (χ1n) is 36.3. The number of hydrogen-bond donors (Lipinski definition) is 0. The summed E-state index contributed by atoms with van der Waals surface area (Å²) in [6.07, 6.45) is 91.1. The molecule has 0 N–H and O–H groups in total. The minimum absolute atomic E-state index is 0.0754. The Bertz CT molecular complexity index is 1460. The van der Waals surface area contributed by atoms with E-state index in [0.717, 1.165) is 96.3 Å². The Morgan fingerprint density at radius 3 is 0.756 bits per heavy atom. The number of esters is 3. The van der Waals surface area contributed by atoms with E-state index in [4.69, 9.17) is 14.2 Å². The fraction of sp³-hybridized carbons (Fsp3) is 0.829. The molecule has 82 heavy (non-hydrogen) atoms. The maximum Gasteiger partial charge on any atom is 0.306 e. The summed E-state index contributed by atoms with van der Waals surface area (Å²) in [6.45, 7) is 6.58. The van der Waals surface area contributed by atoms with Gasteiger partial charge in [-0.1, -0.05) is 345 Å². The lowest BCUT2D eigenvalue weighted by atomic mass is 10.0. The maximum absolute atomic E-state index is 13.0. The third-order valence-electron chi connectivity index (χ3n) is 16.3. The van der Waals surface area contributed by atoms with Gasteiger partial charge in [-0.05, 0) is 83.5 Å². The quantitative estimate of drug-likeness (QED) is 0.0261. The highest BCUT2D eigenvalue weighted by Gasteiger charge is 2.19. The Hall–Kier alpha value is -2.89. The van der Waals surface area contributed by atoms with E-state index in [9.17, 15) is 14.4 Å². The average Bonchev–Trinajstić information content (AvgIpc) is 3.47. The molecule has 0 bridgehead atoms. The van der Waals surface area contributed by atoms with Crippen molar-refractivity contribution in [1.82, 2.24) is 0 Å². The Morgan fingerprint density at radius 2 is 0.476 bits per heavy atom. The lowest BCUT2D eigenvalue weighted by molar-refractivity contribution is -0.167. The van der Waals surface area contributed by atoms with Gasteiger partial charge in [0.25, 0.3) is 0 Å². The van der Waals surface area contributed by atoms with E-state index >= 15 is 0 Å². The van der Waals surface area contributed by atoms with Gasteiger partial charge in [-0.25, -0.2) is 0 Å². The molecule has 0 aliphatic rings. The van der Waals surface area contributed by atoms with E-state index in [1.807, 2.05) is 0 Å². The standard InChI is InChI=1S/C76H138O6/c1-4-7-10-13-16-19-22-25-28-31-33-34-35-36-37-38-39-40-41-42-44-45-48-51-54-57-60-63-66-69-75(78)81-72-73(71-80-74(77)68-65-62-59-56-53-50-47-30-27-24-21-18-15-12-9-6-3)82-76(79)70-67-64-61-58-55-52-49-46-43-32-29-26-23-20-17-14-11-8-5-2/h8,11,17,20,26,29,31,33,43,46,73H,4-7,9-10,12-16,18-19,21-25,27-28,30,32,34-42,44-45,47-72H2,1-3H3/b11-8-,20-17-,29-26-,33-31-,46-43-. The molecule has 0 saturated heterocycles. The SMILES string of the molecule is CC/C=C\C/C=C\C/C=C\C/C=C\CCCCCCCCC(=O)OC(COC(=O)CCCCCCCCCCCCCCCCCC)COC(=O)CCCCCCCCCCCCCCCCCCC/C=C\CCCCCCCCCC. The molecule has 0 spiro atoms. The van der Waals surface area contributed by atoms with Gasteiger partial charge in [0.05, 0.1) is 0 Å². The van der Waals surface area contributed by atoms with Gasteiger partial charge in [-0.3, -0.25) is 14.4 Å². The van der Waals surface area contributed by atoms with Gasteiger partial charge >= 0.3 is 17.9 Å². The van der Waals surface area contributed by atoms with Gasteiger partial charge in [-0.2, -0.15) is 0 Å². The molecular weight excluding hydrogens is 1010 g/mol. The van der Waals surface area contributed by atoms with Crippen molar-refractivity contribution in [3.8, 4) is 0 Å². The smallest absolute Gasteiger partial charge is 0.306 e. The van der Waals surface area contributed by atoms with E-state index in [2.05, 4.69) is 81.5 Å². The second kappa shape index (κ2) is 70.6. The molecule has 0 rings (SSSR count). The molecule has 6 heteroatoms. The maximum atomic E-state index is 13.0. The van der Waals surface area contributed by atoms with Crippen LogP contribution in [0, 0.1) is 0 Å². The molecule has 1 atom stereocenters. The summed E-state index contributed by atoms with van der Waals surface area (Å²) in [6, 6.07) is 0. The molecule has 0 fully saturated rings. The highest BCUT2D eigenvalue weighted by atomic mass is 16.6. The van der Waals surface area contributed by atoms with Gasteiger partial charge in [0.15, 0.2) is 6.10 Å². The molecule has 0 amide bonds. The zero-order valence-electron chi connectivity index (χ0n) is 55.0. The number of rotatable bonds is 67. The van der Waals surface area contributed by atoms with Crippen LogP contribution in [-0.2, 0) is 28.6 Å². The van der Waals surface area contributed by atoms with Crippen molar-refractivity contribution in [2.24, 2.45) is 0 Å². The van der Waals surface area contributed by atoms with E-state index in [1.165, 1.54) is 250 Å². The van der Waals surface area contributed by atoms with Crippen molar-refractivity contribution in [2.75, 3.05) is 13.2 Å². The number of ether oxygens (including phenoxy) is 3. The van der Waals surface area contributed by atoms with Gasteiger partial charge in [0.1, 0.15) is 13.2 Å². The van der Waals surface area contributed by atoms with Crippen molar-refractivity contribution < 1.29 is 28.6 Å². The summed E-state index contributed by atoms with van der Waals surface area (Å²) >= 11 is 0. The summed E-state index contributed by atoms with van der Waals surface area (Å²) in [5.74, 6) is -0.863. The molecule has 0 saturated carbocycles. The van der Waals surface area contributed by atoms with Gasteiger partial charge < -0.3 is 14.2 Å². The minimum atomic E-state index is -0.781. The van der Waals surface area contributed by atoms with E-state index in [-0.39, 0.29) is 31.1 Å². The lowest BCUT2D eigenvalue weighted by Crippen LogP contribution is -2.30. The molecule has 6 nitrogen and oxygen atoms in total. The molecule has 0 aliphatic heterocycles. The molecule has 478 valence electrons. The molecule has 0 heterocycles. The Balaban J connectivity index is 4.25. The molecule has 0 radical (unpaired) electrons. The lowest BCUT2D eigenvalue weighted by Gasteiger charge is -2.18. The van der Waals surface area contributed by atoms with E-state index in [1.54, 1.807) is 0 Å². The van der Waals surface area contributed by atoms with Crippen LogP contribution in [0.1, 0.15) is 387 Å². The number of hydrogen-bond acceptors (Lipinski definition) is 6. The topological polar surface area (TPSA) is 78.9 Å². The van der Waals surface area contributed by atoms with E-state index in [0.29, 0.717) is 19.3 Å². The van der Waals surface area contributed by atoms with Crippen LogP contribution in [0.5, 0.6) is 0 Å². The predicted molar refractivity (Wildman–Crippen MR) is 358 cm³/mol. The average molecular weight is 1150 g/mol. The second-order valence-electron chi connectivity index (χ2n) is 24.5. The van der Waals surface area contributed by atoms with Gasteiger partial charge in [0.2, 0.25) is 0 Å². The van der Waals surface area contributed by atoms with Crippen LogP contribution in [-0.4, -0.2) is 37.2 Å². The van der Waals surface area contributed by atoms with Gasteiger partial charge in [0, 0.05) is 19.3 Å². The van der Waals surface area contributed by atoms with Crippen LogP contribution in [0.15, 0.2) is 60.8 Å². The molecule has 0 aromatic heterocycles. The van der Waals surface area contributed by atoms with Crippen molar-refractivity contribution in [1.29, 1.82) is 0 Å². The van der Waals surface area contributed by atoms with Crippen LogP contribution < -0.4 is 0 Å². The second-order valence-corrected chi connectivity index (χ2v) is 24.5. The first kappa shape index (κ1) is 79.1. The highest BCUT2D eigenvalue weighted by Crippen LogP contribution is 2.18. The van der Waals surface area contributed by atoms with Crippen molar-refractivity contribution >= 4 is 17.9 Å². The van der Waals surface area contributed by atoms with Gasteiger partial charge in [-0.15, -0.1) is 0 Å². The first-order valence-corrected chi connectivity index (χ1v) is 36.3. The zero-order valence-corrected chi connectivity index (χ0v) is 55.0. The molecule has 0 aliphatic carbocycles. The fourth-order valence-corrected chi connectivity index (χ4v) is 10.8. The number of unbranched alkanes of at least 4 members (excludes halogenated alkanes) is 46. The van der Waals surface area contributed by atoms with Crippen molar-refractivity contribution in [2.45, 2.75) is 393 Å². The number of allylic oxidation sites excluding steroid dienone is 10. The van der Waals surface area contributed by atoms with Crippen LogP contribution in [0.4, 0.5) is 0 Å². The molecule has 0 aromatic rings. The van der Waals surface area contributed by atoms with Crippen molar-refractivity contribution in [3.63, 3.8) is 0 Å². The molecule has 1 unspecified atom stereocenters. The van der Waals surface area contributed by atoms with Crippen LogP contribution in [0.25, 0.3) is 0 Å². The summed E-state index contributed by atoms with van der Waals surface area (Å²) in [7, 11) is 0. The fourth-order valence-electron chi connectivity index (χ4n) is 10.8. The predicted octanol–water partition coefficient (Wildman–Crippen LogP) is 25.1. The highest BCUT2D eigenvalue weighted by molar-refractivity contribution is 5.71. The number of carbonyl (C=O) groups excluding carboxylic acids is 3. The summed E-state index contributed by atoms with van der Waals surface area (Å²) in [5.41, 5.74) is 0. The Kier molecular flexibility index (Phi) is 68.1. The third-order valence-corrected chi connectivity index (χ3v) is 16.3. The van der Waals surface area contributed by atoms with Crippen molar-refractivity contribution in [3.05, 3.63) is 60.8 Å². The molecule has 0 aromatic carbocycles. The summed E-state index contributed by atoms with van der Waals surface area (Å²) in [4.78, 5) is 38.5. The Morgan fingerprint density at radius 1 is 0.256 bits per heavy atom. The number of carbonyl (C=O) groups is 3. The first-order chi connectivity index (χ1) is 40.5. The summed E-state index contributed by atoms with van der Waals surface area (Å²) < 4.78 is 17.0. The summed E-state index contributed by atoms with van der Waals surface area (Å²) in [5, 5.41) is 0. The normalized spacial score (nSPS) is 12.4. The van der Waals surface area contributed by atoms with E-state index < -0.39 is 6.10 Å². The monoisotopic (exact) mass is 1150 g/mol.